The van der Waals surface area contributed by atoms with E-state index >= 15 is 0 Å². The summed E-state index contributed by atoms with van der Waals surface area (Å²) in [5.74, 6) is -0.751. The monoisotopic (exact) mass is 361 g/mol. The van der Waals surface area contributed by atoms with Crippen LogP contribution in [0.2, 0.25) is 0 Å². The lowest BCUT2D eigenvalue weighted by Gasteiger charge is -2.30. The molecule has 0 spiro atoms. The molecular formula is C16H31N3O4S. The van der Waals surface area contributed by atoms with Gasteiger partial charge < -0.3 is 0 Å². The number of nitrogens with zero attached hydrogens (tertiary/aromatic N) is 2. The van der Waals surface area contributed by atoms with Crippen LogP contribution in [0.1, 0.15) is 78.1 Å². The average Bonchev–Trinajstić information content (AvgIpc) is 2.56. The van der Waals surface area contributed by atoms with Crippen molar-refractivity contribution in [2.75, 3.05) is 5.75 Å². The highest BCUT2D eigenvalue weighted by Crippen LogP contribution is 2.21. The molecule has 0 radical (unpaired) electrons. The van der Waals surface area contributed by atoms with Gasteiger partial charge in [0.05, 0.1) is 5.75 Å². The third-order valence-electron chi connectivity index (χ3n) is 4.27. The highest BCUT2D eigenvalue weighted by Gasteiger charge is 2.36. The lowest BCUT2D eigenvalue weighted by molar-refractivity contribution is -0.133. The summed E-state index contributed by atoms with van der Waals surface area (Å²) < 4.78 is 25.9. The number of hydroxylamine groups is 1. The molecule has 0 bridgehead atoms. The number of hydrazone groups is 1. The summed E-state index contributed by atoms with van der Waals surface area (Å²) in [4.78, 5) is 11.7. The van der Waals surface area contributed by atoms with E-state index in [0.717, 1.165) is 23.7 Å². The zero-order chi connectivity index (χ0) is 18.0. The van der Waals surface area contributed by atoms with Crippen LogP contribution in [0.3, 0.4) is 0 Å². The normalized spacial score (nSPS) is 18.4. The number of amides is 1. The van der Waals surface area contributed by atoms with Crippen LogP contribution in [0.5, 0.6) is 0 Å². The first-order valence-corrected chi connectivity index (χ1v) is 10.5. The summed E-state index contributed by atoms with van der Waals surface area (Å²) in [6.07, 6.45) is 9.39. The average molecular weight is 362 g/mol. The third kappa shape index (κ3) is 6.76. The molecule has 0 saturated heterocycles. The Morgan fingerprint density at radius 3 is 2.38 bits per heavy atom. The molecule has 1 amide bonds. The Hall–Kier alpha value is -1.15. The van der Waals surface area contributed by atoms with E-state index in [1.165, 1.54) is 31.2 Å². The Bertz CT molecular complexity index is 519. The molecule has 2 N–H and O–H groups in total. The molecule has 0 fully saturated rings. The van der Waals surface area contributed by atoms with Crippen molar-refractivity contribution in [1.82, 2.24) is 9.89 Å². The fourth-order valence-corrected chi connectivity index (χ4v) is 4.43. The van der Waals surface area contributed by atoms with E-state index in [0.29, 0.717) is 25.0 Å². The van der Waals surface area contributed by atoms with Crippen molar-refractivity contribution in [3.8, 4) is 0 Å². The number of carbonyl (C=O) groups excluding carboxylic acids is 1. The van der Waals surface area contributed by atoms with Gasteiger partial charge in [0.1, 0.15) is 6.04 Å². The molecule has 1 unspecified atom stereocenters. The molecule has 1 heterocycles. The molecule has 1 rings (SSSR count). The Morgan fingerprint density at radius 1 is 1.21 bits per heavy atom. The van der Waals surface area contributed by atoms with E-state index in [-0.39, 0.29) is 5.75 Å². The van der Waals surface area contributed by atoms with Crippen LogP contribution in [0.15, 0.2) is 5.10 Å². The van der Waals surface area contributed by atoms with Crippen molar-refractivity contribution in [3.63, 3.8) is 0 Å². The number of rotatable bonds is 11. The summed E-state index contributed by atoms with van der Waals surface area (Å²) in [5, 5.41) is 12.8. The summed E-state index contributed by atoms with van der Waals surface area (Å²) in [6, 6.07) is -0.960. The Labute approximate surface area is 145 Å². The van der Waals surface area contributed by atoms with Gasteiger partial charge in [0.2, 0.25) is 0 Å². The Balaban J connectivity index is 2.47. The number of hydrogen-bond donors (Lipinski definition) is 2. The molecule has 0 aromatic rings. The molecule has 1 aliphatic rings. The molecule has 8 heteroatoms. The smallest absolute Gasteiger partial charge is 0.269 e. The molecule has 24 heavy (non-hydrogen) atoms. The maximum atomic E-state index is 12.5. The van der Waals surface area contributed by atoms with Gasteiger partial charge in [0.15, 0.2) is 0 Å². The van der Waals surface area contributed by atoms with Gasteiger partial charge in [-0.25, -0.2) is 13.9 Å². The van der Waals surface area contributed by atoms with Crippen LogP contribution in [0, 0.1) is 0 Å². The number of unbranched alkanes of at least 4 members (excludes halogenated alkanes) is 7. The van der Waals surface area contributed by atoms with Gasteiger partial charge >= 0.3 is 0 Å². The molecule has 140 valence electrons. The van der Waals surface area contributed by atoms with Gasteiger partial charge in [-0.2, -0.15) is 9.52 Å². The van der Waals surface area contributed by atoms with Crippen molar-refractivity contribution in [3.05, 3.63) is 0 Å². The second-order valence-electron chi connectivity index (χ2n) is 6.43. The van der Waals surface area contributed by atoms with E-state index < -0.39 is 22.0 Å². The first kappa shape index (κ1) is 20.9. The predicted octanol–water partition coefficient (Wildman–Crippen LogP) is 2.80. The highest BCUT2D eigenvalue weighted by atomic mass is 32.2. The van der Waals surface area contributed by atoms with Crippen molar-refractivity contribution in [2.45, 2.75) is 84.1 Å². The number of hydrogen-bond acceptors (Lipinski definition) is 5. The van der Waals surface area contributed by atoms with Crippen LogP contribution in [-0.4, -0.2) is 41.5 Å². The van der Waals surface area contributed by atoms with E-state index in [1.54, 1.807) is 6.92 Å². The van der Waals surface area contributed by atoms with Gasteiger partial charge in [-0.3, -0.25) is 10.0 Å². The lowest BCUT2D eigenvalue weighted by atomic mass is 10.1. The van der Waals surface area contributed by atoms with Gasteiger partial charge in [-0.05, 0) is 26.2 Å². The zero-order valence-electron chi connectivity index (χ0n) is 14.8. The standard InChI is InChI=1S/C16H31N3O4S/c1-3-4-5-6-7-8-9-10-13-24(22,23)19-15(16(20)18-21)12-11-14(2)17-19/h15,21H,3-13H2,1-2H3,(H,18,20). The first-order valence-electron chi connectivity index (χ1n) is 8.92. The van der Waals surface area contributed by atoms with Crippen LogP contribution in [0.25, 0.3) is 0 Å². The molecule has 0 aromatic heterocycles. The maximum absolute atomic E-state index is 12.5. The van der Waals surface area contributed by atoms with E-state index in [9.17, 15) is 13.2 Å². The molecular weight excluding hydrogens is 330 g/mol. The van der Waals surface area contributed by atoms with E-state index in [2.05, 4.69) is 12.0 Å². The van der Waals surface area contributed by atoms with Gasteiger partial charge in [-0.1, -0.05) is 51.9 Å². The molecule has 1 atom stereocenters. The topological polar surface area (TPSA) is 99.1 Å². The van der Waals surface area contributed by atoms with Crippen molar-refractivity contribution in [2.24, 2.45) is 5.10 Å². The second-order valence-corrected chi connectivity index (χ2v) is 8.38. The van der Waals surface area contributed by atoms with Crippen LogP contribution in [-0.2, 0) is 14.8 Å². The van der Waals surface area contributed by atoms with Crippen molar-refractivity contribution in [1.29, 1.82) is 0 Å². The van der Waals surface area contributed by atoms with Gasteiger partial charge in [-0.15, -0.1) is 0 Å². The minimum absolute atomic E-state index is 0.0199. The summed E-state index contributed by atoms with van der Waals surface area (Å²) in [6.45, 7) is 3.92. The summed E-state index contributed by atoms with van der Waals surface area (Å²) >= 11 is 0. The molecule has 7 nitrogen and oxygen atoms in total. The minimum atomic E-state index is -3.65. The second kappa shape index (κ2) is 10.7. The molecule has 0 saturated carbocycles. The third-order valence-corrected chi connectivity index (χ3v) is 5.98. The Morgan fingerprint density at radius 2 is 1.79 bits per heavy atom. The van der Waals surface area contributed by atoms with Gasteiger partial charge in [0.25, 0.3) is 15.9 Å². The van der Waals surface area contributed by atoms with Crippen LogP contribution >= 0.6 is 0 Å². The minimum Gasteiger partial charge on any atom is -0.289 e. The predicted molar refractivity (Wildman–Crippen MR) is 94.3 cm³/mol. The molecule has 0 aliphatic carbocycles. The number of sulfonamides is 1. The first-order chi connectivity index (χ1) is 11.4. The SMILES string of the molecule is CCCCCCCCCCS(=O)(=O)N1N=C(C)CCC1C(=O)NO. The number of carbonyl (C=O) groups is 1. The molecule has 0 aromatic carbocycles. The Kier molecular flexibility index (Phi) is 9.28. The lowest BCUT2D eigenvalue weighted by Crippen LogP contribution is -2.49. The van der Waals surface area contributed by atoms with Crippen molar-refractivity contribution < 1.29 is 18.4 Å². The van der Waals surface area contributed by atoms with E-state index in [4.69, 9.17) is 5.21 Å². The van der Waals surface area contributed by atoms with Crippen LogP contribution < -0.4 is 5.48 Å². The van der Waals surface area contributed by atoms with E-state index in [1.807, 2.05) is 0 Å². The van der Waals surface area contributed by atoms with Gasteiger partial charge in [0, 0.05) is 5.71 Å². The zero-order valence-corrected chi connectivity index (χ0v) is 15.6. The van der Waals surface area contributed by atoms with Crippen LogP contribution in [0.4, 0.5) is 0 Å². The quantitative estimate of drug-likeness (QED) is 0.336. The fraction of sp³-hybridized carbons (Fsp3) is 0.875. The van der Waals surface area contributed by atoms with Crippen molar-refractivity contribution >= 4 is 21.6 Å². The molecule has 1 aliphatic heterocycles. The summed E-state index contributed by atoms with van der Waals surface area (Å²) in [7, 11) is -3.65. The maximum Gasteiger partial charge on any atom is 0.269 e. The largest absolute Gasteiger partial charge is 0.289 e. The highest BCUT2D eigenvalue weighted by molar-refractivity contribution is 7.89. The number of nitrogens with one attached hydrogen (secondary N) is 1. The fourth-order valence-electron chi connectivity index (χ4n) is 2.82. The summed E-state index contributed by atoms with van der Waals surface area (Å²) in [5.41, 5.74) is 2.22.